The molecule has 2 N–H and O–H groups in total. The van der Waals surface area contributed by atoms with Gasteiger partial charge in [-0.2, -0.15) is 0 Å². The number of nitrogens with one attached hydrogen (secondary N) is 1. The van der Waals surface area contributed by atoms with Crippen LogP contribution in [0.3, 0.4) is 0 Å². The van der Waals surface area contributed by atoms with Gasteiger partial charge >= 0.3 is 5.97 Å². The standard InChI is InChI=1S/C20H23NO4/c1-12(2)17-11-16(25-19(17)13(3)4)9-10-18(22)21-15-7-5-14(6-8-15)20(23)24/h5-13H,1-4H3,(H,21,22)(H,23,24)/b10-9+. The second kappa shape index (κ2) is 7.83. The third-order valence-corrected chi connectivity index (χ3v) is 3.75. The molecule has 2 aromatic rings. The van der Waals surface area contributed by atoms with Crippen LogP contribution < -0.4 is 5.32 Å². The molecular formula is C20H23NO4. The first kappa shape index (κ1) is 18.5. The Morgan fingerprint density at radius 3 is 2.20 bits per heavy atom. The van der Waals surface area contributed by atoms with Gasteiger partial charge in [0, 0.05) is 17.7 Å². The van der Waals surface area contributed by atoms with E-state index in [0.29, 0.717) is 17.4 Å². The van der Waals surface area contributed by atoms with Crippen molar-refractivity contribution in [3.63, 3.8) is 0 Å². The van der Waals surface area contributed by atoms with E-state index in [0.717, 1.165) is 11.3 Å². The fraction of sp³-hybridized carbons (Fsp3) is 0.300. The van der Waals surface area contributed by atoms with Crippen LogP contribution in [-0.2, 0) is 4.79 Å². The Bertz CT molecular complexity index is 757. The zero-order valence-electron chi connectivity index (χ0n) is 14.9. The number of anilines is 1. The van der Waals surface area contributed by atoms with Crippen LogP contribution in [0.15, 0.2) is 40.8 Å². The normalized spacial score (nSPS) is 11.4. The van der Waals surface area contributed by atoms with Crippen molar-refractivity contribution in [2.45, 2.75) is 39.5 Å². The molecule has 0 saturated heterocycles. The van der Waals surface area contributed by atoms with Gasteiger partial charge < -0.3 is 14.8 Å². The third kappa shape index (κ3) is 4.83. The van der Waals surface area contributed by atoms with Gasteiger partial charge in [0.25, 0.3) is 0 Å². The highest BCUT2D eigenvalue weighted by Crippen LogP contribution is 2.30. The van der Waals surface area contributed by atoms with E-state index in [1.807, 2.05) is 6.07 Å². The van der Waals surface area contributed by atoms with Gasteiger partial charge in [-0.3, -0.25) is 4.79 Å². The van der Waals surface area contributed by atoms with Crippen molar-refractivity contribution in [2.24, 2.45) is 0 Å². The van der Waals surface area contributed by atoms with Crippen LogP contribution in [-0.4, -0.2) is 17.0 Å². The summed E-state index contributed by atoms with van der Waals surface area (Å²) in [5.41, 5.74) is 1.86. The van der Waals surface area contributed by atoms with Crippen LogP contribution in [0.5, 0.6) is 0 Å². The molecule has 0 bridgehead atoms. The van der Waals surface area contributed by atoms with Gasteiger partial charge in [0.2, 0.25) is 5.91 Å². The van der Waals surface area contributed by atoms with Crippen molar-refractivity contribution in [1.82, 2.24) is 0 Å². The van der Waals surface area contributed by atoms with Gasteiger partial charge in [-0.05, 0) is 47.9 Å². The van der Waals surface area contributed by atoms with Crippen molar-refractivity contribution in [3.05, 3.63) is 59.1 Å². The molecule has 0 aliphatic heterocycles. The van der Waals surface area contributed by atoms with Crippen LogP contribution in [0.4, 0.5) is 5.69 Å². The number of carbonyl (C=O) groups excluding carboxylic acids is 1. The van der Waals surface area contributed by atoms with E-state index in [9.17, 15) is 9.59 Å². The minimum atomic E-state index is -1.00. The summed E-state index contributed by atoms with van der Waals surface area (Å²) in [5.74, 6) is 0.906. The summed E-state index contributed by atoms with van der Waals surface area (Å²) in [6.45, 7) is 8.37. The highest BCUT2D eigenvalue weighted by atomic mass is 16.4. The monoisotopic (exact) mass is 341 g/mol. The Labute approximate surface area is 147 Å². The van der Waals surface area contributed by atoms with Crippen LogP contribution >= 0.6 is 0 Å². The average molecular weight is 341 g/mol. The average Bonchev–Trinajstić information content (AvgIpc) is 2.98. The van der Waals surface area contributed by atoms with Crippen LogP contribution in [0.1, 0.15) is 67.0 Å². The third-order valence-electron chi connectivity index (χ3n) is 3.75. The lowest BCUT2D eigenvalue weighted by atomic mass is 9.98. The summed E-state index contributed by atoms with van der Waals surface area (Å²) < 4.78 is 5.85. The molecule has 1 aromatic carbocycles. The molecule has 0 unspecified atom stereocenters. The lowest BCUT2D eigenvalue weighted by Gasteiger charge is -2.07. The van der Waals surface area contributed by atoms with Crippen molar-refractivity contribution >= 4 is 23.6 Å². The maximum Gasteiger partial charge on any atom is 0.335 e. The lowest BCUT2D eigenvalue weighted by molar-refractivity contribution is -0.111. The summed E-state index contributed by atoms with van der Waals surface area (Å²) in [7, 11) is 0. The first-order valence-electron chi connectivity index (χ1n) is 8.24. The number of hydrogen-bond donors (Lipinski definition) is 2. The fourth-order valence-electron chi connectivity index (χ4n) is 2.46. The summed E-state index contributed by atoms with van der Waals surface area (Å²) in [6.07, 6.45) is 3.04. The number of carboxylic acids is 1. The molecule has 0 fully saturated rings. The predicted molar refractivity (Wildman–Crippen MR) is 98.0 cm³/mol. The van der Waals surface area contributed by atoms with Crippen LogP contribution in [0, 0.1) is 0 Å². The van der Waals surface area contributed by atoms with E-state index < -0.39 is 5.97 Å². The van der Waals surface area contributed by atoms with Crippen molar-refractivity contribution in [3.8, 4) is 0 Å². The molecular weight excluding hydrogens is 318 g/mol. The minimum absolute atomic E-state index is 0.173. The summed E-state index contributed by atoms with van der Waals surface area (Å²) in [4.78, 5) is 22.8. The summed E-state index contributed by atoms with van der Waals surface area (Å²) >= 11 is 0. The number of carboxylic acid groups (broad SMARTS) is 1. The highest BCUT2D eigenvalue weighted by Gasteiger charge is 2.15. The van der Waals surface area contributed by atoms with E-state index in [4.69, 9.17) is 9.52 Å². The Morgan fingerprint density at radius 2 is 1.72 bits per heavy atom. The summed E-state index contributed by atoms with van der Waals surface area (Å²) in [5, 5.41) is 11.5. The van der Waals surface area contributed by atoms with Crippen LogP contribution in [0.2, 0.25) is 0 Å². The molecule has 0 atom stereocenters. The molecule has 2 rings (SSSR count). The highest BCUT2D eigenvalue weighted by molar-refractivity contribution is 6.02. The van der Waals surface area contributed by atoms with Gasteiger partial charge in [-0.1, -0.05) is 27.7 Å². The van der Waals surface area contributed by atoms with Crippen molar-refractivity contribution in [2.75, 3.05) is 5.32 Å². The molecule has 1 heterocycles. The lowest BCUT2D eigenvalue weighted by Crippen LogP contribution is -2.08. The van der Waals surface area contributed by atoms with Gasteiger partial charge in [0.1, 0.15) is 11.5 Å². The minimum Gasteiger partial charge on any atom is -0.478 e. The molecule has 5 nitrogen and oxygen atoms in total. The molecule has 0 saturated carbocycles. The van der Waals surface area contributed by atoms with Gasteiger partial charge in [0.05, 0.1) is 5.56 Å². The Hall–Kier alpha value is -2.82. The van der Waals surface area contributed by atoms with E-state index >= 15 is 0 Å². The van der Waals surface area contributed by atoms with Crippen molar-refractivity contribution in [1.29, 1.82) is 0 Å². The van der Waals surface area contributed by atoms with Crippen LogP contribution in [0.25, 0.3) is 6.08 Å². The van der Waals surface area contributed by atoms with E-state index in [1.54, 1.807) is 18.2 Å². The smallest absolute Gasteiger partial charge is 0.335 e. The second-order valence-corrected chi connectivity index (χ2v) is 6.48. The molecule has 1 amide bonds. The van der Waals surface area contributed by atoms with Crippen molar-refractivity contribution < 1.29 is 19.1 Å². The molecule has 0 spiro atoms. The first-order valence-corrected chi connectivity index (χ1v) is 8.24. The van der Waals surface area contributed by atoms with Gasteiger partial charge in [-0.25, -0.2) is 4.79 Å². The molecule has 0 radical (unpaired) electrons. The summed E-state index contributed by atoms with van der Waals surface area (Å²) in [6, 6.07) is 7.95. The molecule has 25 heavy (non-hydrogen) atoms. The van der Waals surface area contributed by atoms with E-state index in [-0.39, 0.29) is 17.4 Å². The molecule has 0 aliphatic rings. The second-order valence-electron chi connectivity index (χ2n) is 6.48. The maximum absolute atomic E-state index is 12.0. The zero-order valence-corrected chi connectivity index (χ0v) is 14.9. The number of rotatable bonds is 6. The predicted octanol–water partition coefficient (Wildman–Crippen LogP) is 4.88. The topological polar surface area (TPSA) is 79.5 Å². The Kier molecular flexibility index (Phi) is 5.80. The maximum atomic E-state index is 12.0. The number of amides is 1. The van der Waals surface area contributed by atoms with Gasteiger partial charge in [-0.15, -0.1) is 0 Å². The van der Waals surface area contributed by atoms with E-state index in [1.165, 1.54) is 18.2 Å². The molecule has 0 aliphatic carbocycles. The van der Waals surface area contributed by atoms with Gasteiger partial charge in [0.15, 0.2) is 0 Å². The first-order chi connectivity index (χ1) is 11.8. The number of hydrogen-bond acceptors (Lipinski definition) is 3. The molecule has 132 valence electrons. The number of furan rings is 1. The molecule has 1 aromatic heterocycles. The number of aromatic carboxylic acids is 1. The Morgan fingerprint density at radius 1 is 1.08 bits per heavy atom. The molecule has 5 heteroatoms. The quantitative estimate of drug-likeness (QED) is 0.734. The fourth-order valence-corrected chi connectivity index (χ4v) is 2.46. The number of benzene rings is 1. The largest absolute Gasteiger partial charge is 0.478 e. The zero-order chi connectivity index (χ0) is 18.6. The number of carbonyl (C=O) groups is 2. The van der Waals surface area contributed by atoms with E-state index in [2.05, 4.69) is 33.0 Å². The SMILES string of the molecule is CC(C)c1cc(/C=C/C(=O)Nc2ccc(C(=O)O)cc2)oc1C(C)C. The Balaban J connectivity index is 2.07.